The fourth-order valence-electron chi connectivity index (χ4n) is 2.48. The molecule has 0 amide bonds. The molecule has 0 atom stereocenters. The van der Waals surface area contributed by atoms with Crippen LogP contribution in [-0.2, 0) is 9.84 Å². The summed E-state index contributed by atoms with van der Waals surface area (Å²) in [7, 11) is -2.32. The topological polar surface area (TPSA) is 86.5 Å². The van der Waals surface area contributed by atoms with Gasteiger partial charge < -0.3 is 9.26 Å². The second-order valence-electron chi connectivity index (χ2n) is 5.44. The first-order valence-corrected chi connectivity index (χ1v) is 9.59. The largest absolute Gasteiger partial charge is 0.494 e. The zero-order chi connectivity index (χ0) is 16.8. The predicted octanol–water partition coefficient (Wildman–Crippen LogP) is 2.96. The molecule has 0 unspecified atom stereocenters. The maximum Gasteiger partial charge on any atom is 0.199 e. The van der Waals surface area contributed by atoms with Gasteiger partial charge in [0.1, 0.15) is 4.90 Å². The van der Waals surface area contributed by atoms with Crippen molar-refractivity contribution in [2.75, 3.05) is 13.4 Å². The fraction of sp³-hybridized carbons (Fsp3) is 0.333. The Hall–Kier alpha value is -1.67. The van der Waals surface area contributed by atoms with Gasteiger partial charge in [0.05, 0.1) is 23.3 Å². The van der Waals surface area contributed by atoms with Crippen molar-refractivity contribution in [3.05, 3.63) is 39.7 Å². The van der Waals surface area contributed by atoms with Crippen molar-refractivity contribution in [2.45, 2.75) is 23.7 Å². The lowest BCUT2D eigenvalue weighted by Gasteiger charge is -2.13. The molecule has 3 rings (SSSR count). The summed E-state index contributed by atoms with van der Waals surface area (Å²) in [5.74, 6) is 0.397. The van der Waals surface area contributed by atoms with Gasteiger partial charge in [0.15, 0.2) is 27.1 Å². The Bertz CT molecular complexity index is 883. The Labute approximate surface area is 141 Å². The smallest absolute Gasteiger partial charge is 0.199 e. The molecule has 1 aliphatic rings. The second-order valence-corrected chi connectivity index (χ2v) is 8.24. The van der Waals surface area contributed by atoms with E-state index in [0.29, 0.717) is 15.8 Å². The van der Waals surface area contributed by atoms with E-state index in [0.717, 1.165) is 19.1 Å². The summed E-state index contributed by atoms with van der Waals surface area (Å²) in [6.45, 7) is 0. The first-order chi connectivity index (χ1) is 10.8. The molecule has 1 aromatic heterocycles. The molecule has 0 bridgehead atoms. The highest BCUT2D eigenvalue weighted by Gasteiger charge is 2.34. The molecule has 1 saturated carbocycles. The number of nitrogens with zero attached hydrogens (tertiary/aromatic N) is 1. The van der Waals surface area contributed by atoms with Gasteiger partial charge in [-0.15, -0.1) is 0 Å². The Morgan fingerprint density at radius 1 is 1.35 bits per heavy atom. The van der Waals surface area contributed by atoms with Gasteiger partial charge in [-0.05, 0) is 40.9 Å². The summed E-state index contributed by atoms with van der Waals surface area (Å²) < 4.78 is 35.2. The fourth-order valence-corrected chi connectivity index (χ4v) is 4.19. The molecule has 23 heavy (non-hydrogen) atoms. The zero-order valence-corrected chi connectivity index (χ0v) is 14.9. The Morgan fingerprint density at radius 3 is 2.61 bits per heavy atom. The maximum absolute atomic E-state index is 12.9. The predicted molar refractivity (Wildman–Crippen MR) is 85.7 cm³/mol. The van der Waals surface area contributed by atoms with Crippen molar-refractivity contribution >= 4 is 31.6 Å². The van der Waals surface area contributed by atoms with E-state index >= 15 is 0 Å². The number of rotatable bonds is 5. The molecule has 8 heteroatoms. The lowest BCUT2D eigenvalue weighted by Crippen LogP contribution is -2.12. The van der Waals surface area contributed by atoms with Crippen molar-refractivity contribution < 1.29 is 22.5 Å². The number of halogens is 1. The molecule has 2 aromatic rings. The normalized spacial score (nSPS) is 14.7. The van der Waals surface area contributed by atoms with Crippen molar-refractivity contribution in [3.8, 4) is 5.75 Å². The van der Waals surface area contributed by atoms with Crippen LogP contribution in [0.15, 0.2) is 32.2 Å². The molecule has 122 valence electrons. The van der Waals surface area contributed by atoms with Crippen LogP contribution in [-0.4, -0.2) is 32.7 Å². The minimum atomic E-state index is -3.68. The Balaban J connectivity index is 2.19. The minimum Gasteiger partial charge on any atom is -0.494 e. The number of sulfone groups is 1. The van der Waals surface area contributed by atoms with E-state index in [2.05, 4.69) is 21.1 Å². The Kier molecular flexibility index (Phi) is 4.05. The number of methoxy groups -OCH3 is 1. The summed E-state index contributed by atoms with van der Waals surface area (Å²) in [6.07, 6.45) is 4.27. The van der Waals surface area contributed by atoms with Crippen LogP contribution in [0.4, 0.5) is 0 Å². The van der Waals surface area contributed by atoms with Crippen LogP contribution in [0.5, 0.6) is 5.75 Å². The number of hydrogen-bond acceptors (Lipinski definition) is 6. The van der Waals surface area contributed by atoms with Crippen molar-refractivity contribution in [3.63, 3.8) is 0 Å². The van der Waals surface area contributed by atoms with Crippen LogP contribution in [0, 0.1) is 0 Å². The van der Waals surface area contributed by atoms with E-state index in [9.17, 15) is 13.2 Å². The van der Waals surface area contributed by atoms with Gasteiger partial charge in [0.2, 0.25) is 0 Å². The van der Waals surface area contributed by atoms with Gasteiger partial charge in [-0.25, -0.2) is 8.42 Å². The highest BCUT2D eigenvalue weighted by molar-refractivity contribution is 9.10. The van der Waals surface area contributed by atoms with Gasteiger partial charge in [-0.3, -0.25) is 4.79 Å². The number of ether oxygens (including phenoxy) is 1. The summed E-state index contributed by atoms with van der Waals surface area (Å²) in [5, 5.41) is 3.70. The van der Waals surface area contributed by atoms with Crippen molar-refractivity contribution in [2.24, 2.45) is 0 Å². The van der Waals surface area contributed by atoms with Crippen LogP contribution in [0.1, 0.15) is 40.4 Å². The highest BCUT2D eigenvalue weighted by Crippen LogP contribution is 2.43. The third-order valence-corrected chi connectivity index (χ3v) is 5.45. The van der Waals surface area contributed by atoms with Gasteiger partial charge in [0, 0.05) is 17.7 Å². The highest BCUT2D eigenvalue weighted by atomic mass is 79.9. The van der Waals surface area contributed by atoms with E-state index in [4.69, 9.17) is 9.26 Å². The average Bonchev–Trinajstić information content (AvgIpc) is 3.22. The van der Waals surface area contributed by atoms with Crippen LogP contribution in [0.2, 0.25) is 0 Å². The van der Waals surface area contributed by atoms with Gasteiger partial charge >= 0.3 is 0 Å². The van der Waals surface area contributed by atoms with Gasteiger partial charge in [0.25, 0.3) is 0 Å². The lowest BCUT2D eigenvalue weighted by molar-refractivity contribution is 0.103. The molecule has 6 nitrogen and oxygen atoms in total. The van der Waals surface area contributed by atoms with Crippen molar-refractivity contribution in [1.82, 2.24) is 5.16 Å². The van der Waals surface area contributed by atoms with E-state index < -0.39 is 15.6 Å². The number of benzene rings is 1. The third-order valence-electron chi connectivity index (χ3n) is 3.67. The monoisotopic (exact) mass is 399 g/mol. The molecule has 1 heterocycles. The van der Waals surface area contributed by atoms with Crippen molar-refractivity contribution in [1.29, 1.82) is 0 Å². The molecule has 0 spiro atoms. The maximum atomic E-state index is 12.9. The molecule has 1 aromatic carbocycles. The number of hydrogen-bond donors (Lipinski definition) is 0. The van der Waals surface area contributed by atoms with Crippen LogP contribution >= 0.6 is 15.9 Å². The van der Waals surface area contributed by atoms with E-state index in [1.807, 2.05) is 0 Å². The molecule has 0 aliphatic heterocycles. The number of aromatic nitrogens is 1. The SMILES string of the molecule is COc1c(Br)ccc(C(=O)c2cnoc2C2CC2)c1S(C)(=O)=O. The molecule has 0 saturated heterocycles. The second kappa shape index (κ2) is 5.76. The summed E-state index contributed by atoms with van der Waals surface area (Å²) >= 11 is 3.25. The number of carbonyl (C=O) groups excluding carboxylic acids is 1. The van der Waals surface area contributed by atoms with E-state index in [-0.39, 0.29) is 22.1 Å². The van der Waals surface area contributed by atoms with Crippen LogP contribution in [0.25, 0.3) is 0 Å². The van der Waals surface area contributed by atoms with Crippen LogP contribution in [0.3, 0.4) is 0 Å². The molecular weight excluding hydrogens is 386 g/mol. The molecular formula is C15H14BrNO5S. The average molecular weight is 400 g/mol. The lowest BCUT2D eigenvalue weighted by atomic mass is 10.0. The van der Waals surface area contributed by atoms with E-state index in [1.165, 1.54) is 19.4 Å². The quantitative estimate of drug-likeness (QED) is 0.718. The summed E-state index contributed by atoms with van der Waals surface area (Å²) in [6, 6.07) is 3.06. The summed E-state index contributed by atoms with van der Waals surface area (Å²) in [4.78, 5) is 12.7. The molecule has 1 fully saturated rings. The number of carbonyl (C=O) groups is 1. The minimum absolute atomic E-state index is 0.0534. The third kappa shape index (κ3) is 2.92. The van der Waals surface area contributed by atoms with E-state index in [1.54, 1.807) is 6.07 Å². The first-order valence-electron chi connectivity index (χ1n) is 6.90. The van der Waals surface area contributed by atoms with Gasteiger partial charge in [-0.1, -0.05) is 5.16 Å². The Morgan fingerprint density at radius 2 is 2.04 bits per heavy atom. The summed E-state index contributed by atoms with van der Waals surface area (Å²) in [5.41, 5.74) is 0.361. The standard InChI is InChI=1S/C15H14BrNO5S/c1-21-14-11(16)6-5-9(15(14)23(2,19)20)12(18)10-7-17-22-13(10)8-3-4-8/h5-8H,3-4H2,1-2H3. The van der Waals surface area contributed by atoms with Crippen LogP contribution < -0.4 is 4.74 Å². The molecule has 0 radical (unpaired) electrons. The molecule has 1 aliphatic carbocycles. The molecule has 0 N–H and O–H groups in total. The van der Waals surface area contributed by atoms with Gasteiger partial charge in [-0.2, -0.15) is 0 Å². The zero-order valence-electron chi connectivity index (χ0n) is 12.5. The first kappa shape index (κ1) is 16.2. The number of ketones is 1.